The lowest BCUT2D eigenvalue weighted by Gasteiger charge is -2.37. The Morgan fingerprint density at radius 2 is 1.33 bits per heavy atom. The van der Waals surface area contributed by atoms with E-state index in [1.165, 1.54) is 5.56 Å². The average molecular weight is 390 g/mol. The molecule has 27 heavy (non-hydrogen) atoms. The van der Waals surface area contributed by atoms with Gasteiger partial charge in [-0.2, -0.15) is 0 Å². The second kappa shape index (κ2) is 6.64. The van der Waals surface area contributed by atoms with Crippen LogP contribution in [-0.2, 0) is 14.7 Å². The highest BCUT2D eigenvalue weighted by Gasteiger charge is 2.52. The zero-order valence-corrected chi connectivity index (χ0v) is 20.5. The molecule has 0 aliphatic carbocycles. The van der Waals surface area contributed by atoms with Crippen molar-refractivity contribution in [1.29, 1.82) is 0 Å². The molecular weight excluding hydrogens is 351 g/mol. The Hall–Kier alpha value is -0.778. The Kier molecular flexibility index (Phi) is 5.53. The fourth-order valence-electron chi connectivity index (χ4n) is 2.68. The van der Waals surface area contributed by atoms with E-state index in [-0.39, 0.29) is 28.8 Å². The van der Waals surface area contributed by atoms with E-state index < -0.39 is 8.32 Å². The summed E-state index contributed by atoms with van der Waals surface area (Å²) in [6.45, 7) is 26.4. The Balaban J connectivity index is 2.48. The SMILES string of the molecule is CC(C)(C)c1cc(O[Si](C)(C)C(C)(C)C)cc(B2OC(C)(C)C(C)(C)O2)c1. The van der Waals surface area contributed by atoms with Gasteiger partial charge in [0.2, 0.25) is 8.32 Å². The predicted octanol–water partition coefficient (Wildman–Crippen LogP) is 5.67. The van der Waals surface area contributed by atoms with Gasteiger partial charge in [-0.3, -0.25) is 0 Å². The van der Waals surface area contributed by atoms with Gasteiger partial charge in [0.05, 0.1) is 11.2 Å². The van der Waals surface area contributed by atoms with Crippen LogP contribution in [0.4, 0.5) is 0 Å². The number of rotatable bonds is 3. The van der Waals surface area contributed by atoms with Crippen LogP contribution in [0, 0.1) is 0 Å². The van der Waals surface area contributed by atoms with E-state index in [1.807, 2.05) is 0 Å². The number of hydrogen-bond donors (Lipinski definition) is 0. The van der Waals surface area contributed by atoms with Crippen LogP contribution < -0.4 is 9.89 Å². The minimum atomic E-state index is -1.93. The lowest BCUT2D eigenvalue weighted by Crippen LogP contribution is -2.44. The summed E-state index contributed by atoms with van der Waals surface area (Å²) < 4.78 is 19.2. The second-order valence-electron chi connectivity index (χ2n) is 11.5. The molecule has 0 bridgehead atoms. The van der Waals surface area contributed by atoms with Gasteiger partial charge < -0.3 is 13.7 Å². The summed E-state index contributed by atoms with van der Waals surface area (Å²) in [5.74, 6) is 0.929. The van der Waals surface area contributed by atoms with Crippen LogP contribution in [0.2, 0.25) is 18.1 Å². The maximum absolute atomic E-state index is 6.63. The quantitative estimate of drug-likeness (QED) is 0.623. The Morgan fingerprint density at radius 1 is 0.852 bits per heavy atom. The third-order valence-corrected chi connectivity index (χ3v) is 10.9. The third-order valence-electron chi connectivity index (χ3n) is 6.50. The Bertz CT molecular complexity index is 680. The number of benzene rings is 1. The highest BCUT2D eigenvalue weighted by atomic mass is 28.4. The summed E-state index contributed by atoms with van der Waals surface area (Å²) in [6.07, 6.45) is 0. The highest BCUT2D eigenvalue weighted by molar-refractivity contribution is 6.74. The summed E-state index contributed by atoms with van der Waals surface area (Å²) in [4.78, 5) is 0. The molecule has 3 nitrogen and oxygen atoms in total. The largest absolute Gasteiger partial charge is 0.544 e. The van der Waals surface area contributed by atoms with Crippen molar-refractivity contribution in [2.45, 2.75) is 104 Å². The van der Waals surface area contributed by atoms with Crippen molar-refractivity contribution in [3.63, 3.8) is 0 Å². The maximum Gasteiger partial charge on any atom is 0.494 e. The molecule has 0 radical (unpaired) electrons. The van der Waals surface area contributed by atoms with E-state index in [9.17, 15) is 0 Å². The van der Waals surface area contributed by atoms with Crippen LogP contribution in [0.1, 0.15) is 74.8 Å². The molecule has 0 spiro atoms. The first-order chi connectivity index (χ1) is 11.9. The lowest BCUT2D eigenvalue weighted by atomic mass is 9.75. The van der Waals surface area contributed by atoms with Gasteiger partial charge in [0.25, 0.3) is 0 Å². The number of hydrogen-bond acceptors (Lipinski definition) is 3. The molecule has 1 aliphatic rings. The summed E-state index contributed by atoms with van der Waals surface area (Å²) in [6, 6.07) is 6.51. The van der Waals surface area contributed by atoms with Gasteiger partial charge in [-0.05, 0) is 74.4 Å². The van der Waals surface area contributed by atoms with Gasteiger partial charge in [0.1, 0.15) is 5.75 Å². The van der Waals surface area contributed by atoms with E-state index in [0.29, 0.717) is 0 Å². The van der Waals surface area contributed by atoms with Crippen molar-refractivity contribution in [2.75, 3.05) is 0 Å². The smallest absolute Gasteiger partial charge is 0.494 e. The Morgan fingerprint density at radius 3 is 1.74 bits per heavy atom. The monoisotopic (exact) mass is 390 g/mol. The zero-order valence-electron chi connectivity index (χ0n) is 19.5. The van der Waals surface area contributed by atoms with Gasteiger partial charge >= 0.3 is 7.12 Å². The Labute approximate surface area is 168 Å². The molecule has 1 heterocycles. The van der Waals surface area contributed by atoms with Crippen LogP contribution in [0.25, 0.3) is 0 Å². The first kappa shape index (κ1) is 22.5. The molecule has 1 aliphatic heterocycles. The fraction of sp³-hybridized carbons (Fsp3) is 0.727. The van der Waals surface area contributed by atoms with E-state index in [2.05, 4.69) is 101 Å². The molecule has 0 atom stereocenters. The zero-order chi connectivity index (χ0) is 21.1. The van der Waals surface area contributed by atoms with Crippen LogP contribution in [0.5, 0.6) is 5.75 Å². The first-order valence-corrected chi connectivity index (χ1v) is 13.0. The third kappa shape index (κ3) is 4.63. The van der Waals surface area contributed by atoms with E-state index in [0.717, 1.165) is 11.2 Å². The molecular formula is C22H39BO3Si. The molecule has 1 saturated heterocycles. The molecule has 1 aromatic rings. The minimum Gasteiger partial charge on any atom is -0.544 e. The highest BCUT2D eigenvalue weighted by Crippen LogP contribution is 2.39. The molecule has 0 aromatic heterocycles. The summed E-state index contributed by atoms with van der Waals surface area (Å²) >= 11 is 0. The normalized spacial score (nSPS) is 20.1. The van der Waals surface area contributed by atoms with Crippen molar-refractivity contribution >= 4 is 20.9 Å². The van der Waals surface area contributed by atoms with E-state index >= 15 is 0 Å². The lowest BCUT2D eigenvalue weighted by molar-refractivity contribution is 0.00578. The molecule has 152 valence electrons. The molecule has 5 heteroatoms. The van der Waals surface area contributed by atoms with Crippen LogP contribution in [-0.4, -0.2) is 26.6 Å². The molecule has 1 aromatic carbocycles. The van der Waals surface area contributed by atoms with E-state index in [4.69, 9.17) is 13.7 Å². The second-order valence-corrected chi connectivity index (χ2v) is 16.2. The van der Waals surface area contributed by atoms with Gasteiger partial charge in [-0.1, -0.05) is 47.6 Å². The molecule has 0 saturated carbocycles. The van der Waals surface area contributed by atoms with Gasteiger partial charge in [0, 0.05) is 0 Å². The molecule has 0 N–H and O–H groups in total. The molecule has 2 rings (SSSR count). The average Bonchev–Trinajstić information content (AvgIpc) is 2.64. The fourth-order valence-corrected chi connectivity index (χ4v) is 3.69. The van der Waals surface area contributed by atoms with E-state index in [1.54, 1.807) is 0 Å². The summed E-state index contributed by atoms with van der Waals surface area (Å²) in [7, 11) is -2.30. The van der Waals surface area contributed by atoms with Crippen molar-refractivity contribution in [3.8, 4) is 5.75 Å². The maximum atomic E-state index is 6.63. The van der Waals surface area contributed by atoms with Crippen LogP contribution in [0.3, 0.4) is 0 Å². The predicted molar refractivity (Wildman–Crippen MR) is 119 cm³/mol. The summed E-state index contributed by atoms with van der Waals surface area (Å²) in [5.41, 5.74) is 1.59. The molecule has 1 fully saturated rings. The summed E-state index contributed by atoms with van der Waals surface area (Å²) in [5, 5.41) is 0.148. The van der Waals surface area contributed by atoms with Crippen molar-refractivity contribution in [2.24, 2.45) is 0 Å². The van der Waals surface area contributed by atoms with Crippen LogP contribution in [0.15, 0.2) is 18.2 Å². The van der Waals surface area contributed by atoms with Crippen molar-refractivity contribution in [3.05, 3.63) is 23.8 Å². The van der Waals surface area contributed by atoms with Gasteiger partial charge in [-0.25, -0.2) is 0 Å². The standard InChI is InChI=1S/C22H39BO3Si/c1-19(2,3)16-13-17(23-25-21(7,8)22(9,10)26-23)15-18(14-16)24-27(11,12)20(4,5)6/h13-15H,1-12H3. The topological polar surface area (TPSA) is 27.7 Å². The van der Waals surface area contributed by atoms with Gasteiger partial charge in [-0.15, -0.1) is 0 Å². The molecule has 0 unspecified atom stereocenters. The van der Waals surface area contributed by atoms with Crippen molar-refractivity contribution in [1.82, 2.24) is 0 Å². The van der Waals surface area contributed by atoms with Crippen LogP contribution >= 0.6 is 0 Å². The van der Waals surface area contributed by atoms with Crippen molar-refractivity contribution < 1.29 is 13.7 Å². The van der Waals surface area contributed by atoms with Gasteiger partial charge in [0.15, 0.2) is 0 Å². The first-order valence-electron chi connectivity index (χ1n) is 10.1. The molecule has 0 amide bonds. The minimum absolute atomic E-state index is 0.0190.